The first-order valence-electron chi connectivity index (χ1n) is 3.13. The maximum Gasteiger partial charge on any atom is 0.266 e. The van der Waals surface area contributed by atoms with Crippen LogP contribution in [0.2, 0.25) is 0 Å². The Morgan fingerprint density at radius 2 is 2.17 bits per heavy atom. The van der Waals surface area contributed by atoms with E-state index in [0.717, 1.165) is 12.4 Å². The standard InChI is InChI=1S/C7H6F2N2O/c8-7(9)6-4(3-12)1-11-2-5(6)10/h1-3,7H,10H2. The van der Waals surface area contributed by atoms with Gasteiger partial charge in [-0.2, -0.15) is 0 Å². The molecule has 0 aliphatic rings. The van der Waals surface area contributed by atoms with Crippen LogP contribution < -0.4 is 5.73 Å². The van der Waals surface area contributed by atoms with E-state index in [1.807, 2.05) is 0 Å². The van der Waals surface area contributed by atoms with E-state index in [4.69, 9.17) is 5.73 Å². The molecule has 1 heterocycles. The van der Waals surface area contributed by atoms with Crippen LogP contribution in [-0.2, 0) is 0 Å². The first kappa shape index (κ1) is 8.58. The molecular formula is C7H6F2N2O. The second-order valence-electron chi connectivity index (χ2n) is 2.15. The number of carbonyl (C=O) groups excluding carboxylic acids is 1. The van der Waals surface area contributed by atoms with Crippen molar-refractivity contribution in [2.75, 3.05) is 5.73 Å². The second-order valence-corrected chi connectivity index (χ2v) is 2.15. The number of carbonyl (C=O) groups is 1. The van der Waals surface area contributed by atoms with Gasteiger partial charge in [0.15, 0.2) is 6.29 Å². The molecule has 0 aliphatic heterocycles. The first-order chi connectivity index (χ1) is 5.66. The van der Waals surface area contributed by atoms with Crippen LogP contribution in [0.3, 0.4) is 0 Å². The van der Waals surface area contributed by atoms with Crippen LogP contribution in [0.15, 0.2) is 12.4 Å². The third-order valence-corrected chi connectivity index (χ3v) is 1.39. The Labute approximate surface area is 67.2 Å². The number of pyridine rings is 1. The molecule has 0 unspecified atom stereocenters. The number of aldehydes is 1. The van der Waals surface area contributed by atoms with Crippen molar-refractivity contribution in [2.45, 2.75) is 6.43 Å². The molecule has 2 N–H and O–H groups in total. The van der Waals surface area contributed by atoms with Gasteiger partial charge in [-0.25, -0.2) is 8.78 Å². The van der Waals surface area contributed by atoms with E-state index in [1.54, 1.807) is 0 Å². The number of hydrogen-bond acceptors (Lipinski definition) is 3. The van der Waals surface area contributed by atoms with Gasteiger partial charge in [-0.05, 0) is 0 Å². The van der Waals surface area contributed by atoms with Crippen molar-refractivity contribution in [1.82, 2.24) is 4.98 Å². The van der Waals surface area contributed by atoms with E-state index in [0.29, 0.717) is 6.29 Å². The molecule has 5 heteroatoms. The van der Waals surface area contributed by atoms with Gasteiger partial charge in [0.25, 0.3) is 6.43 Å². The van der Waals surface area contributed by atoms with Crippen molar-refractivity contribution in [1.29, 1.82) is 0 Å². The molecule has 0 amide bonds. The third-order valence-electron chi connectivity index (χ3n) is 1.39. The average molecular weight is 172 g/mol. The number of halogens is 2. The number of alkyl halides is 2. The van der Waals surface area contributed by atoms with E-state index >= 15 is 0 Å². The Balaban J connectivity index is 3.29. The molecular weight excluding hydrogens is 166 g/mol. The summed E-state index contributed by atoms with van der Waals surface area (Å²) >= 11 is 0. The lowest BCUT2D eigenvalue weighted by atomic mass is 10.1. The van der Waals surface area contributed by atoms with E-state index in [-0.39, 0.29) is 11.3 Å². The van der Waals surface area contributed by atoms with Crippen LogP contribution in [0.1, 0.15) is 22.3 Å². The van der Waals surface area contributed by atoms with Crippen molar-refractivity contribution in [2.24, 2.45) is 0 Å². The van der Waals surface area contributed by atoms with Crippen LogP contribution >= 0.6 is 0 Å². The lowest BCUT2D eigenvalue weighted by molar-refractivity contribution is 0.110. The highest BCUT2D eigenvalue weighted by Gasteiger charge is 2.15. The number of rotatable bonds is 2. The van der Waals surface area contributed by atoms with Crippen molar-refractivity contribution in [3.8, 4) is 0 Å². The molecule has 0 aliphatic carbocycles. The molecule has 12 heavy (non-hydrogen) atoms. The third kappa shape index (κ3) is 1.39. The Morgan fingerprint density at radius 1 is 1.50 bits per heavy atom. The minimum Gasteiger partial charge on any atom is -0.397 e. The predicted octanol–water partition coefficient (Wildman–Crippen LogP) is 1.41. The Morgan fingerprint density at radius 3 is 2.58 bits per heavy atom. The minimum absolute atomic E-state index is 0.158. The summed E-state index contributed by atoms with van der Waals surface area (Å²) in [5.74, 6) is 0. The Bertz CT molecular complexity index is 301. The van der Waals surface area contributed by atoms with E-state index < -0.39 is 12.0 Å². The molecule has 0 saturated heterocycles. The molecule has 0 atom stereocenters. The lowest BCUT2D eigenvalue weighted by Crippen LogP contribution is -2.00. The fourth-order valence-corrected chi connectivity index (χ4v) is 0.850. The average Bonchev–Trinajstić information content (AvgIpc) is 2.03. The smallest absolute Gasteiger partial charge is 0.266 e. The monoisotopic (exact) mass is 172 g/mol. The molecule has 0 radical (unpaired) electrons. The summed E-state index contributed by atoms with van der Waals surface area (Å²) in [6.07, 6.45) is -0.280. The van der Waals surface area contributed by atoms with Gasteiger partial charge in [-0.3, -0.25) is 9.78 Å². The maximum absolute atomic E-state index is 12.2. The topological polar surface area (TPSA) is 56.0 Å². The van der Waals surface area contributed by atoms with Gasteiger partial charge in [-0.1, -0.05) is 0 Å². The molecule has 0 fully saturated rings. The molecule has 64 valence electrons. The zero-order valence-electron chi connectivity index (χ0n) is 6.00. The highest BCUT2D eigenvalue weighted by Crippen LogP contribution is 2.26. The molecule has 0 aromatic carbocycles. The quantitative estimate of drug-likeness (QED) is 0.686. The first-order valence-corrected chi connectivity index (χ1v) is 3.13. The normalized spacial score (nSPS) is 10.2. The van der Waals surface area contributed by atoms with Gasteiger partial charge in [-0.15, -0.1) is 0 Å². The Kier molecular flexibility index (Phi) is 2.32. The van der Waals surface area contributed by atoms with Crippen LogP contribution in [0, 0.1) is 0 Å². The van der Waals surface area contributed by atoms with Crippen LogP contribution in [0.5, 0.6) is 0 Å². The summed E-state index contributed by atoms with van der Waals surface area (Å²) in [6.45, 7) is 0. The molecule has 1 aromatic rings. The molecule has 0 spiro atoms. The van der Waals surface area contributed by atoms with Crippen LogP contribution in [0.4, 0.5) is 14.5 Å². The molecule has 0 bridgehead atoms. The summed E-state index contributed by atoms with van der Waals surface area (Å²) in [7, 11) is 0. The van der Waals surface area contributed by atoms with E-state index in [9.17, 15) is 13.6 Å². The molecule has 1 rings (SSSR count). The number of anilines is 1. The summed E-state index contributed by atoms with van der Waals surface area (Å²) in [6, 6.07) is 0. The van der Waals surface area contributed by atoms with Gasteiger partial charge in [0.2, 0.25) is 0 Å². The number of nitrogens with two attached hydrogens (primary N) is 1. The number of aromatic nitrogens is 1. The lowest BCUT2D eigenvalue weighted by Gasteiger charge is -2.05. The van der Waals surface area contributed by atoms with E-state index in [1.165, 1.54) is 0 Å². The maximum atomic E-state index is 12.2. The van der Waals surface area contributed by atoms with Gasteiger partial charge in [0.05, 0.1) is 17.4 Å². The highest BCUT2D eigenvalue weighted by molar-refractivity contribution is 5.79. The number of nitrogen functional groups attached to an aromatic ring is 1. The summed E-state index contributed by atoms with van der Waals surface area (Å²) in [5, 5.41) is 0. The second kappa shape index (κ2) is 3.25. The van der Waals surface area contributed by atoms with Crippen molar-refractivity contribution in [3.05, 3.63) is 23.5 Å². The SMILES string of the molecule is Nc1cncc(C=O)c1C(F)F. The van der Waals surface area contributed by atoms with E-state index in [2.05, 4.69) is 4.98 Å². The largest absolute Gasteiger partial charge is 0.397 e. The zero-order chi connectivity index (χ0) is 9.14. The van der Waals surface area contributed by atoms with Crippen molar-refractivity contribution >= 4 is 12.0 Å². The van der Waals surface area contributed by atoms with Crippen LogP contribution in [-0.4, -0.2) is 11.3 Å². The summed E-state index contributed by atoms with van der Waals surface area (Å²) < 4.78 is 24.4. The molecule has 0 saturated carbocycles. The van der Waals surface area contributed by atoms with Crippen molar-refractivity contribution < 1.29 is 13.6 Å². The minimum atomic E-state index is -2.74. The Hall–Kier alpha value is -1.52. The molecule has 1 aromatic heterocycles. The molecule has 3 nitrogen and oxygen atoms in total. The van der Waals surface area contributed by atoms with Gasteiger partial charge < -0.3 is 5.73 Å². The van der Waals surface area contributed by atoms with Gasteiger partial charge in [0, 0.05) is 11.8 Å². The van der Waals surface area contributed by atoms with Crippen LogP contribution in [0.25, 0.3) is 0 Å². The zero-order valence-corrected chi connectivity index (χ0v) is 6.00. The highest BCUT2D eigenvalue weighted by atomic mass is 19.3. The predicted molar refractivity (Wildman–Crippen MR) is 39.0 cm³/mol. The van der Waals surface area contributed by atoms with Crippen molar-refractivity contribution in [3.63, 3.8) is 0 Å². The number of hydrogen-bond donors (Lipinski definition) is 1. The summed E-state index contributed by atoms with van der Waals surface area (Å²) in [5.41, 5.74) is 4.43. The fourth-order valence-electron chi connectivity index (χ4n) is 0.850. The van der Waals surface area contributed by atoms with Gasteiger partial charge >= 0.3 is 0 Å². The fraction of sp³-hybridized carbons (Fsp3) is 0.143. The van der Waals surface area contributed by atoms with Gasteiger partial charge in [0.1, 0.15) is 0 Å². The summed E-state index contributed by atoms with van der Waals surface area (Å²) in [4.78, 5) is 13.8. The number of nitrogens with zero attached hydrogens (tertiary/aromatic N) is 1.